The Hall–Kier alpha value is -0.870. The number of hydrogen-bond acceptors (Lipinski definition) is 3. The van der Waals surface area contributed by atoms with Gasteiger partial charge >= 0.3 is 0 Å². The number of hydrogen-bond donors (Lipinski definition) is 0. The van der Waals surface area contributed by atoms with E-state index in [0.717, 1.165) is 0 Å². The first-order valence-corrected chi connectivity index (χ1v) is 5.47. The maximum Gasteiger partial charge on any atom is 0.228 e. The van der Waals surface area contributed by atoms with Crippen LogP contribution < -0.4 is 4.90 Å². The summed E-state index contributed by atoms with van der Waals surface area (Å²) in [5, 5.41) is 7.88. The SMILES string of the molecule is O=C1CC(CCl)CN1c1ccc(Cl)nn1. The van der Waals surface area contributed by atoms with Gasteiger partial charge in [-0.15, -0.1) is 21.8 Å². The van der Waals surface area contributed by atoms with Crippen molar-refractivity contribution >= 4 is 34.9 Å². The molecule has 15 heavy (non-hydrogen) atoms. The predicted molar refractivity (Wildman–Crippen MR) is 58.2 cm³/mol. The van der Waals surface area contributed by atoms with Crippen molar-refractivity contribution in [2.24, 2.45) is 5.92 Å². The summed E-state index contributed by atoms with van der Waals surface area (Å²) in [6.45, 7) is 0.610. The van der Waals surface area contributed by atoms with Gasteiger partial charge in [0.2, 0.25) is 5.91 Å². The molecule has 1 aromatic heterocycles. The zero-order valence-corrected chi connectivity index (χ0v) is 9.37. The van der Waals surface area contributed by atoms with Crippen molar-refractivity contribution < 1.29 is 4.79 Å². The molecule has 4 nitrogen and oxygen atoms in total. The second kappa shape index (κ2) is 4.33. The minimum atomic E-state index is 0.0391. The van der Waals surface area contributed by atoms with Crippen molar-refractivity contribution in [3.8, 4) is 0 Å². The third kappa shape index (κ3) is 2.21. The Kier molecular flexibility index (Phi) is 3.07. The van der Waals surface area contributed by atoms with Gasteiger partial charge in [-0.2, -0.15) is 0 Å². The van der Waals surface area contributed by atoms with Crippen LogP contribution in [0.15, 0.2) is 12.1 Å². The van der Waals surface area contributed by atoms with Gasteiger partial charge in [0.05, 0.1) is 0 Å². The lowest BCUT2D eigenvalue weighted by Gasteiger charge is -2.13. The van der Waals surface area contributed by atoms with Gasteiger partial charge in [0.15, 0.2) is 11.0 Å². The number of rotatable bonds is 2. The van der Waals surface area contributed by atoms with Gasteiger partial charge in [-0.1, -0.05) is 11.6 Å². The Bertz CT molecular complexity index is 368. The van der Waals surface area contributed by atoms with Crippen molar-refractivity contribution in [1.82, 2.24) is 10.2 Å². The van der Waals surface area contributed by atoms with Crippen LogP contribution in [-0.2, 0) is 4.79 Å². The van der Waals surface area contributed by atoms with Gasteiger partial charge in [0, 0.05) is 18.8 Å². The maximum atomic E-state index is 11.6. The van der Waals surface area contributed by atoms with E-state index in [0.29, 0.717) is 29.8 Å². The minimum Gasteiger partial charge on any atom is -0.295 e. The Balaban J connectivity index is 2.18. The lowest BCUT2D eigenvalue weighted by molar-refractivity contribution is -0.117. The zero-order valence-electron chi connectivity index (χ0n) is 7.86. The van der Waals surface area contributed by atoms with Crippen molar-refractivity contribution in [3.05, 3.63) is 17.3 Å². The Labute approximate surface area is 97.2 Å². The molecule has 1 amide bonds. The van der Waals surface area contributed by atoms with Gasteiger partial charge < -0.3 is 0 Å². The summed E-state index contributed by atoms with van der Waals surface area (Å²) in [7, 11) is 0. The van der Waals surface area contributed by atoms with E-state index in [1.165, 1.54) is 0 Å². The van der Waals surface area contributed by atoms with Crippen LogP contribution in [0.1, 0.15) is 6.42 Å². The van der Waals surface area contributed by atoms with Crippen LogP contribution in [0, 0.1) is 5.92 Å². The summed E-state index contributed by atoms with van der Waals surface area (Å²) in [4.78, 5) is 13.2. The van der Waals surface area contributed by atoms with Gasteiger partial charge in [0.25, 0.3) is 0 Å². The number of alkyl halides is 1. The molecule has 0 radical (unpaired) electrons. The van der Waals surface area contributed by atoms with Crippen LogP contribution in [0.5, 0.6) is 0 Å². The smallest absolute Gasteiger partial charge is 0.228 e. The third-order valence-corrected chi connectivity index (χ3v) is 2.96. The summed E-state index contributed by atoms with van der Waals surface area (Å²) in [5.41, 5.74) is 0. The molecule has 80 valence electrons. The molecule has 1 atom stereocenters. The summed E-state index contributed by atoms with van der Waals surface area (Å²) in [6.07, 6.45) is 0.480. The number of amides is 1. The lowest BCUT2D eigenvalue weighted by Crippen LogP contribution is -2.25. The van der Waals surface area contributed by atoms with Gasteiger partial charge in [-0.3, -0.25) is 9.69 Å². The molecule has 0 aromatic carbocycles. The molecule has 1 fully saturated rings. The minimum absolute atomic E-state index is 0.0391. The molecule has 1 aromatic rings. The van der Waals surface area contributed by atoms with E-state index in [1.54, 1.807) is 17.0 Å². The van der Waals surface area contributed by atoms with Crippen LogP contribution in [0.25, 0.3) is 0 Å². The third-order valence-electron chi connectivity index (χ3n) is 2.32. The van der Waals surface area contributed by atoms with E-state index in [-0.39, 0.29) is 11.8 Å². The Morgan fingerprint density at radius 2 is 2.27 bits per heavy atom. The molecule has 1 aliphatic rings. The number of nitrogens with zero attached hydrogens (tertiary/aromatic N) is 3. The predicted octanol–water partition coefficient (Wildman–Crippen LogP) is 1.72. The van der Waals surface area contributed by atoms with Gasteiger partial charge in [0.1, 0.15) is 0 Å². The molecule has 0 bridgehead atoms. The first-order valence-electron chi connectivity index (χ1n) is 4.56. The number of carbonyl (C=O) groups excluding carboxylic acids is 1. The van der Waals surface area contributed by atoms with Crippen molar-refractivity contribution in [1.29, 1.82) is 0 Å². The fourth-order valence-electron chi connectivity index (χ4n) is 1.56. The molecule has 0 spiro atoms. The molecule has 1 saturated heterocycles. The molecule has 1 unspecified atom stereocenters. The number of aromatic nitrogens is 2. The monoisotopic (exact) mass is 245 g/mol. The molecule has 2 heterocycles. The first kappa shape index (κ1) is 10.6. The fraction of sp³-hybridized carbons (Fsp3) is 0.444. The maximum absolute atomic E-state index is 11.6. The van der Waals surface area contributed by atoms with Crippen molar-refractivity contribution in [2.75, 3.05) is 17.3 Å². The highest BCUT2D eigenvalue weighted by Crippen LogP contribution is 2.23. The fourth-order valence-corrected chi connectivity index (χ4v) is 1.87. The van der Waals surface area contributed by atoms with E-state index in [2.05, 4.69) is 10.2 Å². The van der Waals surface area contributed by atoms with Crippen molar-refractivity contribution in [3.63, 3.8) is 0 Å². The first-order chi connectivity index (χ1) is 7.20. The normalized spacial score (nSPS) is 21.1. The lowest BCUT2D eigenvalue weighted by atomic mass is 10.1. The van der Waals surface area contributed by atoms with Gasteiger partial charge in [-0.25, -0.2) is 0 Å². The highest BCUT2D eigenvalue weighted by atomic mass is 35.5. The van der Waals surface area contributed by atoms with E-state index in [4.69, 9.17) is 23.2 Å². The average Bonchev–Trinajstić information content (AvgIpc) is 2.61. The van der Waals surface area contributed by atoms with Crippen molar-refractivity contribution in [2.45, 2.75) is 6.42 Å². The molecule has 1 aliphatic heterocycles. The standard InChI is InChI=1S/C9H9Cl2N3O/c10-4-6-3-9(15)14(5-6)8-2-1-7(11)12-13-8/h1-2,6H,3-5H2. The van der Waals surface area contributed by atoms with E-state index in [9.17, 15) is 4.79 Å². The van der Waals surface area contributed by atoms with Crippen LogP contribution >= 0.6 is 23.2 Å². The van der Waals surface area contributed by atoms with Crippen LogP contribution in [0.2, 0.25) is 5.15 Å². The molecule has 0 saturated carbocycles. The second-order valence-electron chi connectivity index (χ2n) is 3.44. The number of halogens is 2. The molecule has 0 N–H and O–H groups in total. The van der Waals surface area contributed by atoms with Crippen LogP contribution in [0.4, 0.5) is 5.82 Å². The molecule has 0 aliphatic carbocycles. The summed E-state index contributed by atoms with van der Waals surface area (Å²) < 4.78 is 0. The van der Waals surface area contributed by atoms with E-state index in [1.807, 2.05) is 0 Å². The van der Waals surface area contributed by atoms with Crippen LogP contribution in [0.3, 0.4) is 0 Å². The summed E-state index contributed by atoms with van der Waals surface area (Å²) >= 11 is 11.3. The van der Waals surface area contributed by atoms with Gasteiger partial charge in [-0.05, 0) is 18.1 Å². The summed E-state index contributed by atoms with van der Waals surface area (Å²) in [6, 6.07) is 3.30. The number of anilines is 1. The largest absolute Gasteiger partial charge is 0.295 e. The summed E-state index contributed by atoms with van der Waals surface area (Å²) in [5.74, 6) is 1.27. The van der Waals surface area contributed by atoms with E-state index < -0.39 is 0 Å². The molecule has 6 heteroatoms. The molecule has 2 rings (SSSR count). The van der Waals surface area contributed by atoms with E-state index >= 15 is 0 Å². The Morgan fingerprint density at radius 3 is 2.80 bits per heavy atom. The highest BCUT2D eigenvalue weighted by molar-refractivity contribution is 6.29. The number of carbonyl (C=O) groups is 1. The average molecular weight is 246 g/mol. The second-order valence-corrected chi connectivity index (χ2v) is 4.14. The molecular weight excluding hydrogens is 237 g/mol. The highest BCUT2D eigenvalue weighted by Gasteiger charge is 2.30. The topological polar surface area (TPSA) is 46.1 Å². The Morgan fingerprint density at radius 1 is 1.47 bits per heavy atom. The quantitative estimate of drug-likeness (QED) is 0.746. The zero-order chi connectivity index (χ0) is 10.8. The molecular formula is C9H9Cl2N3O. The van der Waals surface area contributed by atoms with Crippen LogP contribution in [-0.4, -0.2) is 28.5 Å².